The topological polar surface area (TPSA) is 82.3 Å². The molecule has 3 aromatic heterocycles. The van der Waals surface area contributed by atoms with Crippen molar-refractivity contribution in [3.05, 3.63) is 282 Å². The van der Waals surface area contributed by atoms with Crippen LogP contribution >= 0.6 is 0 Å². The maximum atomic E-state index is 5.61. The molecule has 0 unspecified atom stereocenters. The molecule has 0 N–H and O–H groups in total. The largest absolute Gasteiger partial charge is 0.309 e. The SMILES string of the molecule is CC1(C)c2ccccc2-c2c(-c3nc(-c4ccc(-c5cccc(-c6nc(-c7ccc8c(c7)-c7ccccc7C87C8CC9CC(C8)CC7C9)nc(-c7ccc8c(c7)c7ccccc7n8-c7ccccc7)n6)c5)cc4)nc(-c4ccc5c(c4)C4(c6ccccc6-5)C5CC6CC(C5)CC4C6)n3)cccc21. The fraction of sp³-hybridized carbons (Fsp3) is 0.242. The van der Waals surface area contributed by atoms with Crippen LogP contribution in [0.1, 0.15) is 111 Å². The van der Waals surface area contributed by atoms with Crippen molar-refractivity contribution in [2.24, 2.45) is 47.3 Å². The molecule has 0 amide bonds. The van der Waals surface area contributed by atoms with Gasteiger partial charge in [0.1, 0.15) is 0 Å². The maximum absolute atomic E-state index is 5.61. The summed E-state index contributed by atoms with van der Waals surface area (Å²) in [4.78, 5) is 33.3. The highest BCUT2D eigenvalue weighted by atomic mass is 15.0. The summed E-state index contributed by atoms with van der Waals surface area (Å²) < 4.78 is 2.37. The van der Waals surface area contributed by atoms with Crippen LogP contribution in [0.2, 0.25) is 0 Å². The summed E-state index contributed by atoms with van der Waals surface area (Å²) in [5.74, 6) is 10.1. The van der Waals surface area contributed by atoms with Gasteiger partial charge in [0.25, 0.3) is 0 Å². The van der Waals surface area contributed by atoms with Crippen molar-refractivity contribution in [2.75, 3.05) is 0 Å². The Kier molecular flexibility index (Phi) is 12.0. The minimum absolute atomic E-state index is 0.0134. The number of rotatable bonds is 8. The van der Waals surface area contributed by atoms with Crippen molar-refractivity contribution in [2.45, 2.75) is 94.3 Å². The summed E-state index contributed by atoms with van der Waals surface area (Å²) in [6.45, 7) is 4.70. The molecule has 25 rings (SSSR count). The molecule has 8 fully saturated rings. The third kappa shape index (κ3) is 8.03. The van der Waals surface area contributed by atoms with E-state index in [1.807, 2.05) is 0 Å². The van der Waals surface area contributed by atoms with Crippen LogP contribution in [0.4, 0.5) is 0 Å². The van der Waals surface area contributed by atoms with Gasteiger partial charge in [-0.2, -0.15) is 0 Å². The number of nitrogens with zero attached hydrogens (tertiary/aromatic N) is 7. The number of hydrogen-bond donors (Lipinski definition) is 0. The first kappa shape index (κ1) is 57.9. The van der Waals surface area contributed by atoms with Gasteiger partial charge >= 0.3 is 0 Å². The normalized spacial score (nSPS) is 24.9. The molecule has 8 saturated carbocycles. The van der Waals surface area contributed by atoms with E-state index in [4.69, 9.17) is 29.9 Å². The third-order valence-electron chi connectivity index (χ3n) is 27.3. The number of aromatic nitrogens is 7. The van der Waals surface area contributed by atoms with E-state index >= 15 is 0 Å². The molecule has 7 nitrogen and oxygen atoms in total. The van der Waals surface area contributed by atoms with Gasteiger partial charge in [0.15, 0.2) is 34.9 Å². The molecule has 7 heteroatoms. The first-order chi connectivity index (χ1) is 50.2. The van der Waals surface area contributed by atoms with Crippen LogP contribution in [0.3, 0.4) is 0 Å². The summed E-state index contributed by atoms with van der Waals surface area (Å²) in [5, 5.41) is 2.34. The number of benzene rings is 11. The van der Waals surface area contributed by atoms with Crippen molar-refractivity contribution in [3.8, 4) is 119 Å². The quantitative estimate of drug-likeness (QED) is 0.151. The van der Waals surface area contributed by atoms with E-state index in [-0.39, 0.29) is 16.2 Å². The van der Waals surface area contributed by atoms with Crippen molar-refractivity contribution in [1.82, 2.24) is 34.5 Å². The van der Waals surface area contributed by atoms with E-state index in [1.165, 1.54) is 125 Å². The summed E-state index contributed by atoms with van der Waals surface area (Å²) in [5.41, 5.74) is 28.1. The van der Waals surface area contributed by atoms with E-state index in [2.05, 4.69) is 267 Å². The molecule has 0 atom stereocenters. The molecule has 0 aliphatic heterocycles. The van der Waals surface area contributed by atoms with E-state index in [1.54, 1.807) is 11.1 Å². The zero-order chi connectivity index (χ0) is 66.9. The maximum Gasteiger partial charge on any atom is 0.164 e. The smallest absolute Gasteiger partial charge is 0.164 e. The Hall–Kier alpha value is -10.8. The molecule has 490 valence electrons. The monoisotopic (exact) mass is 1310 g/mol. The fourth-order valence-electron chi connectivity index (χ4n) is 23.7. The van der Waals surface area contributed by atoms with E-state index in [0.29, 0.717) is 58.6 Å². The molecule has 11 aromatic carbocycles. The van der Waals surface area contributed by atoms with Crippen molar-refractivity contribution in [1.29, 1.82) is 0 Å². The standard InChI is InChI=1S/C95H75N7/c1-93(2)78-25-10-8-23-74(78)86-75(24-15-28-82(86)93)92-100-87(96-91(101-92)64-34-37-72-70-20-6-11-26-79(70)95(83(72)53-64)67-46-56-41-57(48-67)49-68(95)47-56)59-32-30-58(31-33-59)60-16-14-17-61(50-60)88-97-89(99-90(98-88)63-36-39-85-77(52-63)73-22-9-13-29-84(73)102(85)69-18-4-3-5-19-69)62-35-38-81-76(51-62)71-21-7-12-27-80(71)94(81)65-42-54-40-55(44-65)45-66(94)43-54/h3-39,50-57,65-68H,40-49H2,1-2H3. The van der Waals surface area contributed by atoms with Crippen molar-refractivity contribution >= 4 is 21.8 Å². The highest BCUT2D eigenvalue weighted by Gasteiger charge is 2.63. The molecular formula is C95H75N7. The molecule has 0 saturated heterocycles. The molecule has 14 aromatic rings. The number of para-hydroxylation sites is 2. The summed E-state index contributed by atoms with van der Waals surface area (Å²) in [6.07, 6.45) is 13.6. The van der Waals surface area contributed by atoms with Crippen LogP contribution in [0.15, 0.2) is 249 Å². The third-order valence-corrected chi connectivity index (χ3v) is 27.3. The lowest BCUT2D eigenvalue weighted by molar-refractivity contribution is -0.0399. The lowest BCUT2D eigenvalue weighted by atomic mass is 9.43. The zero-order valence-electron chi connectivity index (χ0n) is 57.5. The Bertz CT molecular complexity index is 5860. The van der Waals surface area contributed by atoms with Crippen LogP contribution < -0.4 is 0 Å². The Morgan fingerprint density at radius 2 is 0.696 bits per heavy atom. The molecule has 8 bridgehead atoms. The van der Waals surface area contributed by atoms with Gasteiger partial charge < -0.3 is 4.57 Å². The van der Waals surface area contributed by atoms with Crippen LogP contribution in [-0.2, 0) is 16.2 Å². The average Bonchev–Trinajstić information content (AvgIpc) is 1.47. The second-order valence-corrected chi connectivity index (χ2v) is 32.5. The van der Waals surface area contributed by atoms with Crippen LogP contribution in [0.25, 0.3) is 140 Å². The Morgan fingerprint density at radius 1 is 0.265 bits per heavy atom. The first-order valence-corrected chi connectivity index (χ1v) is 37.7. The number of fused-ring (bicyclic) bond motifs is 12. The summed E-state index contributed by atoms with van der Waals surface area (Å²) >= 11 is 0. The average molecular weight is 1310 g/mol. The first-order valence-electron chi connectivity index (χ1n) is 37.7. The van der Waals surface area contributed by atoms with Crippen LogP contribution in [0.5, 0.6) is 0 Å². The Balaban J connectivity index is 0.651. The molecule has 2 spiro atoms. The van der Waals surface area contributed by atoms with Crippen LogP contribution in [0, 0.1) is 47.3 Å². The second kappa shape index (κ2) is 21.2. The molecule has 11 aliphatic rings. The molecule has 3 heterocycles. The predicted molar refractivity (Wildman–Crippen MR) is 410 cm³/mol. The highest BCUT2D eigenvalue weighted by molar-refractivity contribution is 6.10. The van der Waals surface area contributed by atoms with Gasteiger partial charge in [0.05, 0.1) is 11.0 Å². The van der Waals surface area contributed by atoms with Gasteiger partial charge in [0, 0.05) is 66.1 Å². The predicted octanol–water partition coefficient (Wildman–Crippen LogP) is 22.6. The van der Waals surface area contributed by atoms with Crippen molar-refractivity contribution in [3.63, 3.8) is 0 Å². The lowest BCUT2D eigenvalue weighted by Gasteiger charge is -2.61. The molecule has 102 heavy (non-hydrogen) atoms. The van der Waals surface area contributed by atoms with Gasteiger partial charge in [-0.15, -0.1) is 0 Å². The van der Waals surface area contributed by atoms with Gasteiger partial charge in [-0.05, 0) is 244 Å². The van der Waals surface area contributed by atoms with Gasteiger partial charge in [-0.1, -0.05) is 208 Å². The fourth-order valence-corrected chi connectivity index (χ4v) is 23.7. The zero-order valence-corrected chi connectivity index (χ0v) is 57.5. The minimum Gasteiger partial charge on any atom is -0.309 e. The van der Waals surface area contributed by atoms with E-state index in [0.717, 1.165) is 90.3 Å². The highest BCUT2D eigenvalue weighted by Crippen LogP contribution is 2.71. The second-order valence-electron chi connectivity index (χ2n) is 32.5. The van der Waals surface area contributed by atoms with Crippen molar-refractivity contribution < 1.29 is 0 Å². The minimum atomic E-state index is -0.182. The summed E-state index contributed by atoms with van der Waals surface area (Å²) in [7, 11) is 0. The van der Waals surface area contributed by atoms with E-state index < -0.39 is 0 Å². The summed E-state index contributed by atoms with van der Waals surface area (Å²) in [6, 6.07) is 92.7. The van der Waals surface area contributed by atoms with Gasteiger partial charge in [0.2, 0.25) is 0 Å². The van der Waals surface area contributed by atoms with Crippen LogP contribution in [-0.4, -0.2) is 34.5 Å². The van der Waals surface area contributed by atoms with Gasteiger partial charge in [-0.25, -0.2) is 29.9 Å². The Labute approximate surface area is 595 Å². The Morgan fingerprint density at radius 3 is 1.36 bits per heavy atom. The molecule has 11 aliphatic carbocycles. The van der Waals surface area contributed by atoms with E-state index in [9.17, 15) is 0 Å². The van der Waals surface area contributed by atoms with Gasteiger partial charge in [-0.3, -0.25) is 0 Å². The number of hydrogen-bond acceptors (Lipinski definition) is 6. The molecular weight excluding hydrogens is 1240 g/mol. The molecule has 0 radical (unpaired) electrons. The lowest BCUT2D eigenvalue weighted by Crippen LogP contribution is -2.55.